The number of anilines is 1. The fourth-order valence-corrected chi connectivity index (χ4v) is 3.21. The summed E-state index contributed by atoms with van der Waals surface area (Å²) in [5.41, 5.74) is 3.20. The second-order valence-electron chi connectivity index (χ2n) is 4.15. The summed E-state index contributed by atoms with van der Waals surface area (Å²) < 4.78 is 1.00. The summed E-state index contributed by atoms with van der Waals surface area (Å²) in [4.78, 5) is 6.61. The number of hydrogen-bond donors (Lipinski definition) is 1. The lowest BCUT2D eigenvalue weighted by Crippen LogP contribution is -2.07. The Morgan fingerprint density at radius 3 is 2.50 bits per heavy atom. The standard InChI is InChI=1S/C13H15BrN2OS/c1-16(2)10-5-3-9(4-6-10)13-15-11(7-8-17)12(14)18-13/h3-6,17H,7-8H2,1-2H3. The van der Waals surface area contributed by atoms with Gasteiger partial charge in [-0.15, -0.1) is 11.3 Å². The zero-order valence-corrected chi connectivity index (χ0v) is 12.8. The second kappa shape index (κ2) is 5.82. The van der Waals surface area contributed by atoms with Crippen LogP contribution < -0.4 is 4.90 Å². The van der Waals surface area contributed by atoms with Gasteiger partial charge in [0, 0.05) is 38.4 Å². The molecule has 0 aliphatic carbocycles. The van der Waals surface area contributed by atoms with Crippen LogP contribution >= 0.6 is 27.3 Å². The smallest absolute Gasteiger partial charge is 0.124 e. The molecule has 0 bridgehead atoms. The van der Waals surface area contributed by atoms with Gasteiger partial charge in [-0.25, -0.2) is 4.98 Å². The van der Waals surface area contributed by atoms with E-state index in [4.69, 9.17) is 5.11 Å². The normalized spacial score (nSPS) is 10.7. The Morgan fingerprint density at radius 1 is 1.28 bits per heavy atom. The van der Waals surface area contributed by atoms with Crippen LogP contribution in [0.4, 0.5) is 5.69 Å². The van der Waals surface area contributed by atoms with Crippen LogP contribution in [-0.4, -0.2) is 30.8 Å². The van der Waals surface area contributed by atoms with E-state index < -0.39 is 0 Å². The molecule has 5 heteroatoms. The summed E-state index contributed by atoms with van der Waals surface area (Å²) in [5.74, 6) is 0. The molecule has 0 aliphatic rings. The molecule has 1 aromatic heterocycles. The van der Waals surface area contributed by atoms with Crippen LogP contribution in [0.25, 0.3) is 10.6 Å². The quantitative estimate of drug-likeness (QED) is 0.937. The number of aliphatic hydroxyl groups excluding tert-OH is 1. The van der Waals surface area contributed by atoms with Crippen molar-refractivity contribution >= 4 is 33.0 Å². The molecule has 1 aromatic carbocycles. The average Bonchev–Trinajstić information content (AvgIpc) is 2.72. The largest absolute Gasteiger partial charge is 0.396 e. The highest BCUT2D eigenvalue weighted by Gasteiger charge is 2.10. The van der Waals surface area contributed by atoms with Gasteiger partial charge >= 0.3 is 0 Å². The van der Waals surface area contributed by atoms with Crippen LogP contribution in [0.5, 0.6) is 0 Å². The van der Waals surface area contributed by atoms with Crippen molar-refractivity contribution in [2.75, 3.05) is 25.6 Å². The maximum atomic E-state index is 8.96. The third kappa shape index (κ3) is 2.91. The summed E-state index contributed by atoms with van der Waals surface area (Å²) in [6.45, 7) is 0.126. The van der Waals surface area contributed by atoms with Crippen molar-refractivity contribution in [3.63, 3.8) is 0 Å². The topological polar surface area (TPSA) is 36.4 Å². The van der Waals surface area contributed by atoms with Crippen LogP contribution in [0, 0.1) is 0 Å². The molecule has 0 atom stereocenters. The Balaban J connectivity index is 2.28. The minimum absolute atomic E-state index is 0.126. The molecule has 0 saturated heterocycles. The molecule has 2 rings (SSSR count). The molecular formula is C13H15BrN2OS. The van der Waals surface area contributed by atoms with E-state index in [9.17, 15) is 0 Å². The van der Waals surface area contributed by atoms with Gasteiger partial charge in [-0.3, -0.25) is 0 Å². The highest BCUT2D eigenvalue weighted by atomic mass is 79.9. The van der Waals surface area contributed by atoms with E-state index in [0.29, 0.717) is 6.42 Å². The Morgan fingerprint density at radius 2 is 1.94 bits per heavy atom. The maximum absolute atomic E-state index is 8.96. The molecule has 0 amide bonds. The van der Waals surface area contributed by atoms with Crippen LogP contribution in [-0.2, 0) is 6.42 Å². The fraction of sp³-hybridized carbons (Fsp3) is 0.308. The Bertz CT molecular complexity index is 522. The first-order chi connectivity index (χ1) is 8.61. The summed E-state index contributed by atoms with van der Waals surface area (Å²) in [6.07, 6.45) is 0.590. The van der Waals surface area contributed by atoms with Crippen molar-refractivity contribution in [1.82, 2.24) is 4.98 Å². The molecule has 0 unspecified atom stereocenters. The molecular weight excluding hydrogens is 312 g/mol. The van der Waals surface area contributed by atoms with Crippen LogP contribution in [0.2, 0.25) is 0 Å². The predicted molar refractivity (Wildman–Crippen MR) is 80.4 cm³/mol. The first-order valence-corrected chi connectivity index (χ1v) is 7.26. The fourth-order valence-electron chi connectivity index (χ4n) is 1.62. The Kier molecular flexibility index (Phi) is 4.37. The number of halogens is 1. The number of thiazole rings is 1. The molecule has 96 valence electrons. The van der Waals surface area contributed by atoms with Crippen molar-refractivity contribution in [1.29, 1.82) is 0 Å². The summed E-state index contributed by atoms with van der Waals surface area (Å²) in [5, 5.41) is 9.94. The van der Waals surface area contributed by atoms with Gasteiger partial charge in [0.25, 0.3) is 0 Å². The summed E-state index contributed by atoms with van der Waals surface area (Å²) in [6, 6.07) is 8.30. The third-order valence-electron chi connectivity index (χ3n) is 2.63. The first-order valence-electron chi connectivity index (χ1n) is 5.65. The van der Waals surface area contributed by atoms with E-state index in [1.807, 2.05) is 14.1 Å². The van der Waals surface area contributed by atoms with Gasteiger partial charge in [0.05, 0.1) is 9.48 Å². The zero-order chi connectivity index (χ0) is 13.1. The van der Waals surface area contributed by atoms with Gasteiger partial charge in [0.1, 0.15) is 5.01 Å². The molecule has 1 N–H and O–H groups in total. The highest BCUT2D eigenvalue weighted by molar-refractivity contribution is 9.11. The van der Waals surface area contributed by atoms with Crippen LogP contribution in [0.3, 0.4) is 0 Å². The van der Waals surface area contributed by atoms with Gasteiger partial charge in [0.15, 0.2) is 0 Å². The lowest BCUT2D eigenvalue weighted by molar-refractivity contribution is 0.298. The number of rotatable bonds is 4. The minimum atomic E-state index is 0.126. The van der Waals surface area contributed by atoms with Crippen molar-refractivity contribution in [3.05, 3.63) is 33.7 Å². The van der Waals surface area contributed by atoms with Crippen molar-refractivity contribution in [3.8, 4) is 10.6 Å². The number of hydrogen-bond acceptors (Lipinski definition) is 4. The van der Waals surface area contributed by atoms with Crippen molar-refractivity contribution < 1.29 is 5.11 Å². The zero-order valence-electron chi connectivity index (χ0n) is 10.4. The van der Waals surface area contributed by atoms with Gasteiger partial charge in [0.2, 0.25) is 0 Å². The number of nitrogens with zero attached hydrogens (tertiary/aromatic N) is 2. The van der Waals surface area contributed by atoms with Gasteiger partial charge < -0.3 is 10.0 Å². The molecule has 0 aliphatic heterocycles. The van der Waals surface area contributed by atoms with E-state index >= 15 is 0 Å². The molecule has 0 spiro atoms. The lowest BCUT2D eigenvalue weighted by Gasteiger charge is -2.11. The lowest BCUT2D eigenvalue weighted by atomic mass is 10.2. The number of aliphatic hydroxyl groups is 1. The molecule has 18 heavy (non-hydrogen) atoms. The molecule has 3 nitrogen and oxygen atoms in total. The van der Waals surface area contributed by atoms with Crippen LogP contribution in [0.1, 0.15) is 5.69 Å². The van der Waals surface area contributed by atoms with Gasteiger partial charge in [-0.2, -0.15) is 0 Å². The minimum Gasteiger partial charge on any atom is -0.396 e. The average molecular weight is 327 g/mol. The van der Waals surface area contributed by atoms with E-state index in [1.165, 1.54) is 5.69 Å². The second-order valence-corrected chi connectivity index (χ2v) is 6.47. The molecule has 0 saturated carbocycles. The Hall–Kier alpha value is -0.910. The van der Waals surface area contributed by atoms with Crippen molar-refractivity contribution in [2.24, 2.45) is 0 Å². The van der Waals surface area contributed by atoms with E-state index in [1.54, 1.807) is 11.3 Å². The van der Waals surface area contributed by atoms with Crippen molar-refractivity contribution in [2.45, 2.75) is 6.42 Å². The van der Waals surface area contributed by atoms with E-state index in [2.05, 4.69) is 50.1 Å². The number of benzene rings is 1. The monoisotopic (exact) mass is 326 g/mol. The predicted octanol–water partition coefficient (Wildman–Crippen LogP) is 3.17. The summed E-state index contributed by atoms with van der Waals surface area (Å²) >= 11 is 5.09. The third-order valence-corrected chi connectivity index (χ3v) is 4.51. The van der Waals surface area contributed by atoms with E-state index in [-0.39, 0.29) is 6.61 Å². The molecule has 1 heterocycles. The maximum Gasteiger partial charge on any atom is 0.124 e. The van der Waals surface area contributed by atoms with Gasteiger partial charge in [-0.1, -0.05) is 0 Å². The van der Waals surface area contributed by atoms with E-state index in [0.717, 1.165) is 20.1 Å². The Labute approximate surface area is 119 Å². The first kappa shape index (κ1) is 13.5. The van der Waals surface area contributed by atoms with Crippen LogP contribution in [0.15, 0.2) is 28.1 Å². The molecule has 0 radical (unpaired) electrons. The molecule has 0 fully saturated rings. The van der Waals surface area contributed by atoms with Gasteiger partial charge in [-0.05, 0) is 40.2 Å². The highest BCUT2D eigenvalue weighted by Crippen LogP contribution is 2.32. The molecule has 2 aromatic rings. The number of aromatic nitrogens is 1. The summed E-state index contributed by atoms with van der Waals surface area (Å²) in [7, 11) is 4.04. The SMILES string of the molecule is CN(C)c1ccc(-c2nc(CCO)c(Br)s2)cc1.